The zero-order valence-electron chi connectivity index (χ0n) is 12.9. The Morgan fingerprint density at radius 1 is 1.43 bits per heavy atom. The summed E-state index contributed by atoms with van der Waals surface area (Å²) in [5.41, 5.74) is 3.02. The van der Waals surface area contributed by atoms with Crippen LogP contribution in [0.25, 0.3) is 0 Å². The van der Waals surface area contributed by atoms with Gasteiger partial charge in [-0.15, -0.1) is 0 Å². The molecule has 1 aliphatic carbocycles. The molecule has 0 spiro atoms. The summed E-state index contributed by atoms with van der Waals surface area (Å²) in [4.78, 5) is 14.8. The summed E-state index contributed by atoms with van der Waals surface area (Å²) in [6.45, 7) is 6.40. The van der Waals surface area contributed by atoms with Crippen LogP contribution in [-0.2, 0) is 4.74 Å². The first-order valence-corrected chi connectivity index (χ1v) is 7.98. The summed E-state index contributed by atoms with van der Waals surface area (Å²) in [5, 5.41) is 3.31. The number of hydrogen-bond donors (Lipinski definition) is 1. The van der Waals surface area contributed by atoms with Crippen molar-refractivity contribution >= 4 is 11.6 Å². The first kappa shape index (κ1) is 14.4. The third kappa shape index (κ3) is 2.77. The Labute approximate surface area is 126 Å². The smallest absolute Gasteiger partial charge is 0.254 e. The predicted molar refractivity (Wildman–Crippen MR) is 83.8 cm³/mol. The number of nitrogens with zero attached hydrogens (tertiary/aromatic N) is 1. The lowest BCUT2D eigenvalue weighted by Gasteiger charge is -2.37. The number of amides is 1. The van der Waals surface area contributed by atoms with Crippen LogP contribution >= 0.6 is 0 Å². The topological polar surface area (TPSA) is 41.6 Å². The predicted octanol–water partition coefficient (Wildman–Crippen LogP) is 2.82. The maximum Gasteiger partial charge on any atom is 0.254 e. The van der Waals surface area contributed by atoms with Crippen molar-refractivity contribution in [3.05, 3.63) is 29.3 Å². The summed E-state index contributed by atoms with van der Waals surface area (Å²) in [5.74, 6) is 0.154. The highest BCUT2D eigenvalue weighted by Crippen LogP contribution is 2.31. The van der Waals surface area contributed by atoms with E-state index in [0.717, 1.165) is 42.6 Å². The molecule has 2 atom stereocenters. The van der Waals surface area contributed by atoms with Crippen LogP contribution in [0.15, 0.2) is 18.2 Å². The molecule has 0 aromatic heterocycles. The van der Waals surface area contributed by atoms with Gasteiger partial charge in [0, 0.05) is 24.3 Å². The number of carbonyl (C=O) groups is 1. The average molecular weight is 288 g/mol. The number of carbonyl (C=O) groups excluding carboxylic acids is 1. The second-order valence-electron chi connectivity index (χ2n) is 5.97. The standard InChI is InChI=1S/C17H24N2O2/c1-3-18-14-8-7-13(11-12(14)2)17(20)19-9-10-21-16-6-4-5-15(16)19/h7-8,11,15-16,18H,3-6,9-10H2,1-2H3. The molecule has 2 unspecified atom stereocenters. The van der Waals surface area contributed by atoms with Gasteiger partial charge in [-0.3, -0.25) is 4.79 Å². The number of rotatable bonds is 3. The molecule has 3 rings (SSSR count). The molecule has 1 aromatic carbocycles. The number of benzene rings is 1. The van der Waals surface area contributed by atoms with Gasteiger partial charge in [-0.1, -0.05) is 0 Å². The van der Waals surface area contributed by atoms with E-state index in [9.17, 15) is 4.79 Å². The average Bonchev–Trinajstić information content (AvgIpc) is 2.97. The Balaban J connectivity index is 1.79. The first-order valence-electron chi connectivity index (χ1n) is 7.98. The van der Waals surface area contributed by atoms with Crippen LogP contribution in [0.4, 0.5) is 5.69 Å². The maximum absolute atomic E-state index is 12.8. The lowest BCUT2D eigenvalue weighted by Crippen LogP contribution is -2.51. The van der Waals surface area contributed by atoms with E-state index in [1.807, 2.05) is 30.0 Å². The largest absolute Gasteiger partial charge is 0.385 e. The Bertz CT molecular complexity index is 530. The molecule has 4 heteroatoms. The fraction of sp³-hybridized carbons (Fsp3) is 0.588. The molecule has 4 nitrogen and oxygen atoms in total. The third-order valence-electron chi connectivity index (χ3n) is 4.58. The van der Waals surface area contributed by atoms with Gasteiger partial charge in [-0.25, -0.2) is 0 Å². The normalized spacial score (nSPS) is 24.8. The number of hydrogen-bond acceptors (Lipinski definition) is 3. The molecule has 0 bridgehead atoms. The molecule has 1 amide bonds. The van der Waals surface area contributed by atoms with Gasteiger partial charge in [0.15, 0.2) is 0 Å². The van der Waals surface area contributed by atoms with Crippen LogP contribution < -0.4 is 5.32 Å². The van der Waals surface area contributed by atoms with Gasteiger partial charge in [-0.2, -0.15) is 0 Å². The second kappa shape index (κ2) is 6.06. The molecule has 21 heavy (non-hydrogen) atoms. The minimum absolute atomic E-state index is 0.154. The van der Waals surface area contributed by atoms with E-state index in [1.165, 1.54) is 0 Å². The van der Waals surface area contributed by atoms with Gasteiger partial charge in [0.1, 0.15) is 0 Å². The Kier molecular flexibility index (Phi) is 4.15. The molecule has 1 saturated heterocycles. The molecule has 114 valence electrons. The molecule has 1 heterocycles. The van der Waals surface area contributed by atoms with Crippen LogP contribution in [0.1, 0.15) is 42.1 Å². The van der Waals surface area contributed by atoms with E-state index < -0.39 is 0 Å². The molecule has 0 radical (unpaired) electrons. The zero-order chi connectivity index (χ0) is 14.8. The van der Waals surface area contributed by atoms with E-state index in [-0.39, 0.29) is 18.1 Å². The molecule has 1 aromatic rings. The molecule has 2 fully saturated rings. The number of ether oxygens (including phenoxy) is 1. The van der Waals surface area contributed by atoms with Crippen LogP contribution in [0.2, 0.25) is 0 Å². The van der Waals surface area contributed by atoms with Crippen molar-refractivity contribution in [2.75, 3.05) is 25.0 Å². The van der Waals surface area contributed by atoms with Crippen LogP contribution in [0.3, 0.4) is 0 Å². The zero-order valence-corrected chi connectivity index (χ0v) is 12.9. The molecule has 1 N–H and O–H groups in total. The lowest BCUT2D eigenvalue weighted by atomic mass is 10.1. The van der Waals surface area contributed by atoms with Crippen LogP contribution in [0, 0.1) is 6.92 Å². The summed E-state index contributed by atoms with van der Waals surface area (Å²) >= 11 is 0. The number of anilines is 1. The van der Waals surface area contributed by atoms with Gasteiger partial charge >= 0.3 is 0 Å². The van der Waals surface area contributed by atoms with Crippen molar-refractivity contribution in [1.82, 2.24) is 4.90 Å². The van der Waals surface area contributed by atoms with Crippen molar-refractivity contribution in [2.45, 2.75) is 45.3 Å². The van der Waals surface area contributed by atoms with Crippen molar-refractivity contribution in [3.8, 4) is 0 Å². The highest BCUT2D eigenvalue weighted by Gasteiger charge is 2.38. The van der Waals surface area contributed by atoms with Gasteiger partial charge in [0.25, 0.3) is 5.91 Å². The Morgan fingerprint density at radius 3 is 3.05 bits per heavy atom. The minimum Gasteiger partial charge on any atom is -0.385 e. The number of fused-ring (bicyclic) bond motifs is 1. The lowest BCUT2D eigenvalue weighted by molar-refractivity contribution is -0.0445. The Hall–Kier alpha value is -1.55. The fourth-order valence-electron chi connectivity index (χ4n) is 3.53. The van der Waals surface area contributed by atoms with Crippen molar-refractivity contribution in [2.24, 2.45) is 0 Å². The summed E-state index contributed by atoms with van der Waals surface area (Å²) in [6.07, 6.45) is 3.58. The highest BCUT2D eigenvalue weighted by molar-refractivity contribution is 5.95. The van der Waals surface area contributed by atoms with E-state index in [0.29, 0.717) is 13.2 Å². The molecular weight excluding hydrogens is 264 g/mol. The Morgan fingerprint density at radius 2 is 2.29 bits per heavy atom. The summed E-state index contributed by atoms with van der Waals surface area (Å²) < 4.78 is 5.79. The second-order valence-corrected chi connectivity index (χ2v) is 5.97. The first-order chi connectivity index (χ1) is 10.2. The highest BCUT2D eigenvalue weighted by atomic mass is 16.5. The number of aryl methyl sites for hydroxylation is 1. The monoisotopic (exact) mass is 288 g/mol. The van der Waals surface area contributed by atoms with Crippen molar-refractivity contribution < 1.29 is 9.53 Å². The minimum atomic E-state index is 0.154. The third-order valence-corrected chi connectivity index (χ3v) is 4.58. The molecular formula is C17H24N2O2. The van der Waals surface area contributed by atoms with E-state index in [4.69, 9.17) is 4.74 Å². The van der Waals surface area contributed by atoms with Gasteiger partial charge < -0.3 is 15.0 Å². The maximum atomic E-state index is 12.8. The summed E-state index contributed by atoms with van der Waals surface area (Å²) in [7, 11) is 0. The quantitative estimate of drug-likeness (QED) is 0.930. The number of morpholine rings is 1. The van der Waals surface area contributed by atoms with Crippen LogP contribution in [0.5, 0.6) is 0 Å². The van der Waals surface area contributed by atoms with Crippen molar-refractivity contribution in [1.29, 1.82) is 0 Å². The fourth-order valence-corrected chi connectivity index (χ4v) is 3.53. The van der Waals surface area contributed by atoms with Crippen LogP contribution in [-0.4, -0.2) is 42.6 Å². The SMILES string of the molecule is CCNc1ccc(C(=O)N2CCOC3CCCC32)cc1C. The van der Waals surface area contributed by atoms with Gasteiger partial charge in [0.05, 0.1) is 18.8 Å². The van der Waals surface area contributed by atoms with E-state index in [1.54, 1.807) is 0 Å². The van der Waals surface area contributed by atoms with E-state index >= 15 is 0 Å². The van der Waals surface area contributed by atoms with Gasteiger partial charge in [-0.05, 0) is 56.9 Å². The molecule has 1 saturated carbocycles. The van der Waals surface area contributed by atoms with Gasteiger partial charge in [0.2, 0.25) is 0 Å². The summed E-state index contributed by atoms with van der Waals surface area (Å²) in [6, 6.07) is 6.23. The molecule has 2 aliphatic rings. The number of nitrogens with one attached hydrogen (secondary N) is 1. The molecule has 1 aliphatic heterocycles. The van der Waals surface area contributed by atoms with Crippen molar-refractivity contribution in [3.63, 3.8) is 0 Å². The van der Waals surface area contributed by atoms with E-state index in [2.05, 4.69) is 12.2 Å².